The molecule has 0 saturated heterocycles. The van der Waals surface area contributed by atoms with E-state index in [0.29, 0.717) is 18.8 Å². The van der Waals surface area contributed by atoms with E-state index in [1.807, 2.05) is 0 Å². The number of amides is 2. The van der Waals surface area contributed by atoms with E-state index >= 15 is 0 Å². The Morgan fingerprint density at radius 3 is 2.72 bits per heavy atom. The molecule has 2 amide bonds. The molecule has 1 unspecified atom stereocenters. The van der Waals surface area contributed by atoms with Gasteiger partial charge in [-0.1, -0.05) is 19.0 Å². The molecule has 0 aliphatic rings. The number of nitrogens with zero attached hydrogens (tertiary/aromatic N) is 2. The number of aliphatic carboxylic acids is 1. The molecular formula is C10H16N4O4. The Bertz CT molecular complexity index is 391. The third-order valence-corrected chi connectivity index (χ3v) is 2.26. The van der Waals surface area contributed by atoms with Crippen LogP contribution >= 0.6 is 0 Å². The summed E-state index contributed by atoms with van der Waals surface area (Å²) in [6, 6.07) is -1.44. The van der Waals surface area contributed by atoms with Gasteiger partial charge in [0.2, 0.25) is 6.39 Å². The van der Waals surface area contributed by atoms with Gasteiger partial charge in [0.05, 0.1) is 0 Å². The van der Waals surface area contributed by atoms with Gasteiger partial charge in [0.1, 0.15) is 6.04 Å². The van der Waals surface area contributed by atoms with Gasteiger partial charge in [0.15, 0.2) is 5.82 Å². The van der Waals surface area contributed by atoms with E-state index in [1.54, 1.807) is 13.8 Å². The van der Waals surface area contributed by atoms with Crippen molar-refractivity contribution >= 4 is 12.0 Å². The van der Waals surface area contributed by atoms with Gasteiger partial charge in [-0.3, -0.25) is 0 Å². The van der Waals surface area contributed by atoms with Crippen LogP contribution in [-0.2, 0) is 11.2 Å². The number of carbonyl (C=O) groups is 2. The van der Waals surface area contributed by atoms with Crippen molar-refractivity contribution < 1.29 is 19.2 Å². The van der Waals surface area contributed by atoms with E-state index in [0.717, 1.165) is 0 Å². The summed E-state index contributed by atoms with van der Waals surface area (Å²) in [5.74, 6) is -0.766. The van der Waals surface area contributed by atoms with Crippen molar-refractivity contribution in [3.63, 3.8) is 0 Å². The molecule has 1 aromatic heterocycles. The van der Waals surface area contributed by atoms with Gasteiger partial charge in [-0.15, -0.1) is 0 Å². The number of carbonyl (C=O) groups excluding carboxylic acids is 1. The molecule has 1 rings (SSSR count). The van der Waals surface area contributed by atoms with Gasteiger partial charge >= 0.3 is 12.0 Å². The van der Waals surface area contributed by atoms with Gasteiger partial charge in [-0.2, -0.15) is 4.98 Å². The molecule has 8 nitrogen and oxygen atoms in total. The molecule has 100 valence electrons. The molecule has 8 heteroatoms. The SMILES string of the molecule is CC(C)C(NC(=O)NCCc1ncon1)C(=O)O. The van der Waals surface area contributed by atoms with Crippen molar-refractivity contribution in [3.8, 4) is 0 Å². The average molecular weight is 256 g/mol. The van der Waals surface area contributed by atoms with Gasteiger partial charge in [0.25, 0.3) is 0 Å². The molecule has 1 heterocycles. The molecule has 1 aromatic rings. The Morgan fingerprint density at radius 1 is 1.50 bits per heavy atom. The molecule has 0 fully saturated rings. The zero-order valence-corrected chi connectivity index (χ0v) is 10.2. The smallest absolute Gasteiger partial charge is 0.326 e. The van der Waals surface area contributed by atoms with Crippen LogP contribution in [-0.4, -0.2) is 39.8 Å². The summed E-state index contributed by atoms with van der Waals surface area (Å²) in [7, 11) is 0. The molecule has 18 heavy (non-hydrogen) atoms. The van der Waals surface area contributed by atoms with E-state index in [4.69, 9.17) is 5.11 Å². The number of hydrogen-bond acceptors (Lipinski definition) is 5. The highest BCUT2D eigenvalue weighted by atomic mass is 16.5. The summed E-state index contributed by atoms with van der Waals surface area (Å²) in [6.07, 6.45) is 1.62. The molecular weight excluding hydrogens is 240 g/mol. The van der Waals surface area contributed by atoms with E-state index in [-0.39, 0.29) is 5.92 Å². The van der Waals surface area contributed by atoms with Gasteiger partial charge in [-0.25, -0.2) is 9.59 Å². The van der Waals surface area contributed by atoms with Crippen LogP contribution in [0, 0.1) is 5.92 Å². The van der Waals surface area contributed by atoms with E-state index in [2.05, 4.69) is 25.3 Å². The number of hydrogen-bond donors (Lipinski definition) is 3. The summed E-state index contributed by atoms with van der Waals surface area (Å²) < 4.78 is 4.53. The number of rotatable bonds is 6. The lowest BCUT2D eigenvalue weighted by atomic mass is 10.1. The van der Waals surface area contributed by atoms with Crippen molar-refractivity contribution in [1.82, 2.24) is 20.8 Å². The van der Waals surface area contributed by atoms with E-state index < -0.39 is 18.0 Å². The van der Waals surface area contributed by atoms with E-state index in [1.165, 1.54) is 6.39 Å². The zero-order valence-electron chi connectivity index (χ0n) is 10.2. The first-order valence-corrected chi connectivity index (χ1v) is 5.53. The first kappa shape index (κ1) is 13.9. The van der Waals surface area contributed by atoms with Crippen LogP contribution in [0.2, 0.25) is 0 Å². The summed E-state index contributed by atoms with van der Waals surface area (Å²) in [5.41, 5.74) is 0. The van der Waals surface area contributed by atoms with E-state index in [9.17, 15) is 9.59 Å². The van der Waals surface area contributed by atoms with Crippen molar-refractivity contribution in [2.45, 2.75) is 26.3 Å². The summed E-state index contributed by atoms with van der Waals surface area (Å²) in [4.78, 5) is 26.1. The van der Waals surface area contributed by atoms with Crippen LogP contribution in [0.1, 0.15) is 19.7 Å². The molecule has 0 bridgehead atoms. The number of urea groups is 1. The minimum Gasteiger partial charge on any atom is -0.480 e. The lowest BCUT2D eigenvalue weighted by molar-refractivity contribution is -0.140. The fourth-order valence-electron chi connectivity index (χ4n) is 1.30. The van der Waals surface area contributed by atoms with Crippen molar-refractivity contribution in [3.05, 3.63) is 12.2 Å². The molecule has 0 radical (unpaired) electrons. The van der Waals surface area contributed by atoms with Crippen LogP contribution in [0.5, 0.6) is 0 Å². The van der Waals surface area contributed by atoms with Crippen molar-refractivity contribution in [2.24, 2.45) is 5.92 Å². The van der Waals surface area contributed by atoms with Crippen molar-refractivity contribution in [1.29, 1.82) is 0 Å². The predicted octanol–water partition coefficient (Wildman–Crippen LogP) is 0.0205. The standard InChI is InChI=1S/C10H16N4O4/c1-6(2)8(9(15)16)13-10(17)11-4-3-7-12-5-18-14-7/h5-6,8H,3-4H2,1-2H3,(H,15,16)(H2,11,13,17). The number of carboxylic acids is 1. The third kappa shape index (κ3) is 4.40. The average Bonchev–Trinajstić information content (AvgIpc) is 2.78. The number of aromatic nitrogens is 2. The van der Waals surface area contributed by atoms with Gasteiger partial charge in [0, 0.05) is 13.0 Å². The zero-order chi connectivity index (χ0) is 13.5. The Balaban J connectivity index is 2.30. The molecule has 0 spiro atoms. The lowest BCUT2D eigenvalue weighted by Gasteiger charge is -2.18. The maximum Gasteiger partial charge on any atom is 0.326 e. The maximum atomic E-state index is 11.4. The normalized spacial score (nSPS) is 12.2. The Kier molecular flexibility index (Phi) is 5.09. The van der Waals surface area contributed by atoms with Crippen LogP contribution in [0.4, 0.5) is 4.79 Å². The molecule has 3 N–H and O–H groups in total. The predicted molar refractivity (Wildman–Crippen MR) is 60.8 cm³/mol. The Labute approximate surface area is 104 Å². The number of nitrogens with one attached hydrogen (secondary N) is 2. The minimum atomic E-state index is -1.06. The fourth-order valence-corrected chi connectivity index (χ4v) is 1.30. The molecule has 0 aliphatic heterocycles. The highest BCUT2D eigenvalue weighted by molar-refractivity contribution is 5.82. The molecule has 0 aromatic carbocycles. The monoisotopic (exact) mass is 256 g/mol. The van der Waals surface area contributed by atoms with Crippen LogP contribution in [0.3, 0.4) is 0 Å². The maximum absolute atomic E-state index is 11.4. The Morgan fingerprint density at radius 2 is 2.22 bits per heavy atom. The van der Waals surface area contributed by atoms with Crippen LogP contribution < -0.4 is 10.6 Å². The second kappa shape index (κ2) is 6.58. The second-order valence-electron chi connectivity index (χ2n) is 4.06. The van der Waals surface area contributed by atoms with Gasteiger partial charge < -0.3 is 20.3 Å². The minimum absolute atomic E-state index is 0.189. The largest absolute Gasteiger partial charge is 0.480 e. The lowest BCUT2D eigenvalue weighted by Crippen LogP contribution is -2.48. The third-order valence-electron chi connectivity index (χ3n) is 2.26. The van der Waals surface area contributed by atoms with Crippen molar-refractivity contribution in [2.75, 3.05) is 6.54 Å². The second-order valence-corrected chi connectivity index (χ2v) is 4.06. The van der Waals surface area contributed by atoms with Crippen LogP contribution in [0.25, 0.3) is 0 Å². The summed E-state index contributed by atoms with van der Waals surface area (Å²) in [6.45, 7) is 3.74. The fraction of sp³-hybridized carbons (Fsp3) is 0.600. The molecule has 0 aliphatic carbocycles. The summed E-state index contributed by atoms with van der Waals surface area (Å²) >= 11 is 0. The molecule has 0 saturated carbocycles. The number of carboxylic acid groups (broad SMARTS) is 1. The molecule has 1 atom stereocenters. The quantitative estimate of drug-likeness (QED) is 0.660. The summed E-state index contributed by atoms with van der Waals surface area (Å²) in [5, 5.41) is 17.4. The van der Waals surface area contributed by atoms with Gasteiger partial charge in [-0.05, 0) is 5.92 Å². The Hall–Kier alpha value is -2.12. The first-order chi connectivity index (χ1) is 8.50. The highest BCUT2D eigenvalue weighted by Crippen LogP contribution is 2.01. The first-order valence-electron chi connectivity index (χ1n) is 5.53. The van der Waals surface area contributed by atoms with Crippen LogP contribution in [0.15, 0.2) is 10.9 Å². The topological polar surface area (TPSA) is 117 Å². The highest BCUT2D eigenvalue weighted by Gasteiger charge is 2.23.